The maximum atomic E-state index is 12.0. The Morgan fingerprint density at radius 3 is 2.46 bits per heavy atom. The van der Waals surface area contributed by atoms with Gasteiger partial charge in [-0.3, -0.25) is 14.4 Å². The first-order valence-corrected chi connectivity index (χ1v) is 11.2. The van der Waals surface area contributed by atoms with E-state index < -0.39 is 34.4 Å². The van der Waals surface area contributed by atoms with E-state index in [9.17, 15) is 22.8 Å². The summed E-state index contributed by atoms with van der Waals surface area (Å²) in [6, 6.07) is 6.66. The van der Waals surface area contributed by atoms with Crippen LogP contribution in [0.3, 0.4) is 0 Å². The number of thioether (sulfide) groups is 1. The monoisotopic (exact) mass is 399 g/mol. The lowest BCUT2D eigenvalue weighted by atomic mass is 10.1. The smallest absolute Gasteiger partial charge is 0.306 e. The van der Waals surface area contributed by atoms with Crippen molar-refractivity contribution in [1.29, 1.82) is 0 Å². The number of hydrogen-bond donors (Lipinski definition) is 1. The van der Waals surface area contributed by atoms with Crippen LogP contribution in [-0.4, -0.2) is 56.5 Å². The summed E-state index contributed by atoms with van der Waals surface area (Å²) >= 11 is 1.57. The van der Waals surface area contributed by atoms with Crippen molar-refractivity contribution in [1.82, 2.24) is 5.32 Å². The third-order valence-corrected chi connectivity index (χ3v) is 6.44. The van der Waals surface area contributed by atoms with Crippen LogP contribution in [0.25, 0.3) is 0 Å². The Hall–Kier alpha value is -1.87. The van der Waals surface area contributed by atoms with E-state index in [0.29, 0.717) is 12.0 Å². The number of ketones is 1. The molecule has 0 aliphatic carbocycles. The van der Waals surface area contributed by atoms with Crippen LogP contribution in [0.4, 0.5) is 0 Å². The number of esters is 1. The van der Waals surface area contributed by atoms with Gasteiger partial charge in [0.2, 0.25) is 0 Å². The fourth-order valence-electron chi connectivity index (χ4n) is 2.53. The zero-order valence-electron chi connectivity index (χ0n) is 14.4. The number of Topliss-reactive ketones (excluding diaryl/α,β-unsaturated/α-hetero) is 1. The highest BCUT2D eigenvalue weighted by Gasteiger charge is 2.29. The minimum absolute atomic E-state index is 0.0000639. The highest BCUT2D eigenvalue weighted by atomic mass is 32.2. The molecule has 0 radical (unpaired) electrons. The van der Waals surface area contributed by atoms with Crippen molar-refractivity contribution in [2.75, 3.05) is 24.4 Å². The van der Waals surface area contributed by atoms with Gasteiger partial charge in [-0.25, -0.2) is 8.42 Å². The normalized spacial score (nSPS) is 18.3. The van der Waals surface area contributed by atoms with Crippen LogP contribution in [-0.2, 0) is 24.2 Å². The molecule has 1 aromatic carbocycles. The number of nitrogens with one attached hydrogen (secondary N) is 1. The van der Waals surface area contributed by atoms with Gasteiger partial charge in [-0.1, -0.05) is 12.1 Å². The summed E-state index contributed by atoms with van der Waals surface area (Å²) in [6.07, 6.45) is 2.19. The molecule has 1 aromatic rings. The number of sulfone groups is 1. The van der Waals surface area contributed by atoms with Crippen LogP contribution in [0, 0.1) is 0 Å². The molecule has 2 rings (SSSR count). The van der Waals surface area contributed by atoms with Crippen molar-refractivity contribution >= 4 is 39.3 Å². The molecule has 0 bridgehead atoms. The van der Waals surface area contributed by atoms with Crippen molar-refractivity contribution in [3.8, 4) is 0 Å². The van der Waals surface area contributed by atoms with Gasteiger partial charge < -0.3 is 10.1 Å². The molecule has 7 nitrogen and oxygen atoms in total. The molecule has 1 atom stereocenters. The molecule has 9 heteroatoms. The first-order chi connectivity index (χ1) is 12.3. The van der Waals surface area contributed by atoms with Crippen LogP contribution in [0.2, 0.25) is 0 Å². The van der Waals surface area contributed by atoms with Gasteiger partial charge in [-0.15, -0.1) is 11.8 Å². The van der Waals surface area contributed by atoms with Gasteiger partial charge in [0.05, 0.1) is 17.9 Å². The number of ether oxygens (including phenoxy) is 1. The topological polar surface area (TPSA) is 107 Å². The Labute approximate surface area is 156 Å². The van der Waals surface area contributed by atoms with Crippen molar-refractivity contribution in [2.45, 2.75) is 30.2 Å². The summed E-state index contributed by atoms with van der Waals surface area (Å²) in [7, 11) is -3.08. The van der Waals surface area contributed by atoms with Gasteiger partial charge in [-0.2, -0.15) is 0 Å². The molecule has 1 aliphatic heterocycles. The van der Waals surface area contributed by atoms with Crippen LogP contribution in [0.5, 0.6) is 0 Å². The predicted molar refractivity (Wildman–Crippen MR) is 97.9 cm³/mol. The molecule has 26 heavy (non-hydrogen) atoms. The predicted octanol–water partition coefficient (Wildman–Crippen LogP) is 1.22. The van der Waals surface area contributed by atoms with Gasteiger partial charge in [0.25, 0.3) is 5.91 Å². The van der Waals surface area contributed by atoms with Gasteiger partial charge in [-0.05, 0) is 24.8 Å². The Kier molecular flexibility index (Phi) is 7.22. The van der Waals surface area contributed by atoms with E-state index in [2.05, 4.69) is 5.32 Å². The zero-order valence-corrected chi connectivity index (χ0v) is 16.0. The summed E-state index contributed by atoms with van der Waals surface area (Å²) in [6.45, 7) is -0.480. The third kappa shape index (κ3) is 6.45. The lowest BCUT2D eigenvalue weighted by Crippen LogP contribution is -2.38. The van der Waals surface area contributed by atoms with Gasteiger partial charge in [0.15, 0.2) is 22.2 Å². The molecule has 1 N–H and O–H groups in total. The van der Waals surface area contributed by atoms with E-state index in [1.807, 2.05) is 18.4 Å². The van der Waals surface area contributed by atoms with E-state index in [4.69, 9.17) is 4.74 Å². The van der Waals surface area contributed by atoms with E-state index in [1.165, 1.54) is 0 Å². The van der Waals surface area contributed by atoms with Crippen molar-refractivity contribution in [2.24, 2.45) is 0 Å². The summed E-state index contributed by atoms with van der Waals surface area (Å²) in [4.78, 5) is 36.4. The summed E-state index contributed by atoms with van der Waals surface area (Å²) in [5.74, 6) is -1.39. The average Bonchev–Trinajstić information content (AvgIpc) is 2.96. The standard InChI is InChI=1S/C17H21NO6S2/c1-25-14-4-2-12(3-5-14)15(19)6-7-17(21)24-10-16(20)18-13-8-9-26(22,23)11-13/h2-5,13H,6-11H2,1H3,(H,18,20)/t13-/m1/s1. The van der Waals surface area contributed by atoms with E-state index in [0.717, 1.165) is 4.90 Å². The highest BCUT2D eigenvalue weighted by molar-refractivity contribution is 7.98. The molecule has 1 amide bonds. The first kappa shape index (κ1) is 20.4. The second kappa shape index (κ2) is 9.18. The van der Waals surface area contributed by atoms with Crippen LogP contribution < -0.4 is 5.32 Å². The Bertz CT molecular complexity index is 773. The Balaban J connectivity index is 1.68. The third-order valence-electron chi connectivity index (χ3n) is 3.93. The van der Waals surface area contributed by atoms with E-state index in [1.54, 1.807) is 23.9 Å². The lowest BCUT2D eigenvalue weighted by molar-refractivity contribution is -0.148. The highest BCUT2D eigenvalue weighted by Crippen LogP contribution is 2.16. The second-order valence-electron chi connectivity index (χ2n) is 5.98. The fraction of sp³-hybridized carbons (Fsp3) is 0.471. The second-order valence-corrected chi connectivity index (χ2v) is 9.09. The Morgan fingerprint density at radius 1 is 1.19 bits per heavy atom. The maximum absolute atomic E-state index is 12.0. The summed E-state index contributed by atoms with van der Waals surface area (Å²) in [5, 5.41) is 2.53. The molecular weight excluding hydrogens is 378 g/mol. The summed E-state index contributed by atoms with van der Waals surface area (Å²) in [5.41, 5.74) is 0.524. The lowest BCUT2D eigenvalue weighted by Gasteiger charge is -2.11. The molecule has 0 aromatic heterocycles. The average molecular weight is 399 g/mol. The molecule has 0 unspecified atom stereocenters. The Morgan fingerprint density at radius 2 is 1.88 bits per heavy atom. The number of carbonyl (C=O) groups is 3. The van der Waals surface area contributed by atoms with Crippen molar-refractivity contribution in [3.05, 3.63) is 29.8 Å². The quantitative estimate of drug-likeness (QED) is 0.398. The fourth-order valence-corrected chi connectivity index (χ4v) is 4.61. The van der Waals surface area contributed by atoms with E-state index in [-0.39, 0.29) is 30.1 Å². The first-order valence-electron chi connectivity index (χ1n) is 8.12. The zero-order chi connectivity index (χ0) is 19.2. The van der Waals surface area contributed by atoms with Gasteiger partial charge in [0, 0.05) is 22.9 Å². The molecule has 0 saturated carbocycles. The van der Waals surface area contributed by atoms with Crippen molar-refractivity contribution < 1.29 is 27.5 Å². The number of benzene rings is 1. The number of amides is 1. The molecule has 1 fully saturated rings. The van der Waals surface area contributed by atoms with Crippen LogP contribution in [0.1, 0.15) is 29.6 Å². The molecule has 1 aliphatic rings. The van der Waals surface area contributed by atoms with Gasteiger partial charge >= 0.3 is 5.97 Å². The number of carbonyl (C=O) groups excluding carboxylic acids is 3. The van der Waals surface area contributed by atoms with Crippen LogP contribution >= 0.6 is 11.8 Å². The SMILES string of the molecule is CSc1ccc(C(=O)CCC(=O)OCC(=O)N[C@@H]2CCS(=O)(=O)C2)cc1. The van der Waals surface area contributed by atoms with Crippen LogP contribution in [0.15, 0.2) is 29.2 Å². The molecule has 1 saturated heterocycles. The minimum atomic E-state index is -3.08. The molecule has 0 spiro atoms. The number of rotatable bonds is 8. The molecule has 142 valence electrons. The molecule has 1 heterocycles. The molecular formula is C17H21NO6S2. The minimum Gasteiger partial charge on any atom is -0.456 e. The largest absolute Gasteiger partial charge is 0.456 e. The summed E-state index contributed by atoms with van der Waals surface area (Å²) < 4.78 is 27.5. The van der Waals surface area contributed by atoms with E-state index >= 15 is 0 Å². The van der Waals surface area contributed by atoms with Crippen molar-refractivity contribution in [3.63, 3.8) is 0 Å². The number of hydrogen-bond acceptors (Lipinski definition) is 7. The maximum Gasteiger partial charge on any atom is 0.306 e. The van der Waals surface area contributed by atoms with Gasteiger partial charge in [0.1, 0.15) is 0 Å².